The van der Waals surface area contributed by atoms with Gasteiger partial charge in [-0.25, -0.2) is 0 Å². The lowest BCUT2D eigenvalue weighted by atomic mass is 10.1. The van der Waals surface area contributed by atoms with Crippen LogP contribution >= 0.6 is 0 Å². The number of rotatable bonds is 5. The molecule has 0 radical (unpaired) electrons. The van der Waals surface area contributed by atoms with Crippen LogP contribution in [-0.4, -0.2) is 30.3 Å². The molecule has 0 aromatic heterocycles. The van der Waals surface area contributed by atoms with Crippen molar-refractivity contribution in [2.45, 2.75) is 13.8 Å². The molecule has 0 atom stereocenters. The molecule has 0 aliphatic rings. The van der Waals surface area contributed by atoms with E-state index in [0.29, 0.717) is 0 Å². The fraction of sp³-hybridized carbons (Fsp3) is 0.231. The van der Waals surface area contributed by atoms with Crippen LogP contribution in [0.1, 0.15) is 24.2 Å². The van der Waals surface area contributed by atoms with Gasteiger partial charge in [-0.1, -0.05) is 6.07 Å². The topological polar surface area (TPSA) is 125 Å². The molecule has 0 saturated heterocycles. The van der Waals surface area contributed by atoms with Crippen molar-refractivity contribution < 1.29 is 28.7 Å². The van der Waals surface area contributed by atoms with Gasteiger partial charge in [0.25, 0.3) is 5.91 Å². The van der Waals surface area contributed by atoms with Crippen LogP contribution < -0.4 is 20.5 Å². The zero-order chi connectivity index (χ0) is 16.0. The average Bonchev–Trinajstić information content (AvgIpc) is 2.36. The molecular weight excluding hydrogens is 280 g/mol. The quantitative estimate of drug-likeness (QED) is 0.570. The maximum absolute atomic E-state index is 11.9. The highest BCUT2D eigenvalue weighted by Crippen LogP contribution is 2.31. The van der Waals surface area contributed by atoms with E-state index < -0.39 is 23.8 Å². The minimum absolute atomic E-state index is 0.0646. The molecule has 8 heteroatoms. The maximum atomic E-state index is 11.9. The van der Waals surface area contributed by atoms with Gasteiger partial charge in [0.1, 0.15) is 0 Å². The summed E-state index contributed by atoms with van der Waals surface area (Å²) in [5.41, 5.74) is 4.86. The number of primary amides is 1. The van der Waals surface area contributed by atoms with Crippen molar-refractivity contribution in [1.82, 2.24) is 5.32 Å². The Morgan fingerprint density at radius 3 is 2.24 bits per heavy atom. The summed E-state index contributed by atoms with van der Waals surface area (Å²) in [4.78, 5) is 44.7. The highest BCUT2D eigenvalue weighted by atomic mass is 16.6. The lowest BCUT2D eigenvalue weighted by Gasteiger charge is -2.12. The summed E-state index contributed by atoms with van der Waals surface area (Å²) in [5.74, 6) is -3.05. The lowest BCUT2D eigenvalue weighted by molar-refractivity contribution is -0.134. The minimum atomic E-state index is -0.728. The minimum Gasteiger partial charge on any atom is -0.423 e. The van der Waals surface area contributed by atoms with Crippen LogP contribution in [0.2, 0.25) is 0 Å². The predicted molar refractivity (Wildman–Crippen MR) is 70.6 cm³/mol. The van der Waals surface area contributed by atoms with Gasteiger partial charge in [0, 0.05) is 13.8 Å². The van der Waals surface area contributed by atoms with Crippen LogP contribution in [0.25, 0.3) is 0 Å². The summed E-state index contributed by atoms with van der Waals surface area (Å²) in [6, 6.07) is 4.15. The van der Waals surface area contributed by atoms with Gasteiger partial charge in [-0.15, -0.1) is 0 Å². The molecule has 0 bridgehead atoms. The number of hydrogen-bond donors (Lipinski definition) is 2. The first-order valence-corrected chi connectivity index (χ1v) is 5.87. The molecule has 1 aromatic rings. The summed E-state index contributed by atoms with van der Waals surface area (Å²) >= 11 is 0. The summed E-state index contributed by atoms with van der Waals surface area (Å²) in [6.07, 6.45) is 0. The van der Waals surface area contributed by atoms with Gasteiger partial charge < -0.3 is 20.5 Å². The Kier molecular flexibility index (Phi) is 5.41. The monoisotopic (exact) mass is 294 g/mol. The summed E-state index contributed by atoms with van der Waals surface area (Å²) < 4.78 is 9.79. The van der Waals surface area contributed by atoms with E-state index in [4.69, 9.17) is 15.2 Å². The van der Waals surface area contributed by atoms with Gasteiger partial charge in [-0.2, -0.15) is 0 Å². The largest absolute Gasteiger partial charge is 0.423 e. The van der Waals surface area contributed by atoms with Crippen molar-refractivity contribution in [3.63, 3.8) is 0 Å². The number of benzene rings is 1. The third kappa shape index (κ3) is 4.94. The second-order valence-corrected chi connectivity index (χ2v) is 3.97. The smallest absolute Gasteiger partial charge is 0.308 e. The standard InChI is InChI=1S/C13H14N2O6/c1-7(16)20-10-5-3-4-9(12(10)21-8(2)17)13(19)15-6-11(14)18/h3-5H,6H2,1-2H3,(H2,14,18)(H,15,19). The molecule has 0 saturated carbocycles. The number of ether oxygens (including phenoxy) is 2. The van der Waals surface area contributed by atoms with Gasteiger partial charge in [-0.05, 0) is 12.1 Å². The second-order valence-electron chi connectivity index (χ2n) is 3.97. The van der Waals surface area contributed by atoms with Crippen LogP contribution in [0, 0.1) is 0 Å². The van der Waals surface area contributed by atoms with Crippen LogP contribution in [-0.2, 0) is 14.4 Å². The van der Waals surface area contributed by atoms with E-state index in [-0.39, 0.29) is 23.6 Å². The molecule has 1 aromatic carbocycles. The van der Waals surface area contributed by atoms with Gasteiger partial charge in [0.2, 0.25) is 5.91 Å². The molecule has 0 aliphatic carbocycles. The Bertz CT molecular complexity index is 596. The van der Waals surface area contributed by atoms with Gasteiger partial charge >= 0.3 is 11.9 Å². The second kappa shape index (κ2) is 7.04. The van der Waals surface area contributed by atoms with E-state index in [2.05, 4.69) is 5.32 Å². The summed E-state index contributed by atoms with van der Waals surface area (Å²) in [5, 5.41) is 2.25. The van der Waals surface area contributed by atoms with E-state index >= 15 is 0 Å². The summed E-state index contributed by atoms with van der Waals surface area (Å²) in [7, 11) is 0. The van der Waals surface area contributed by atoms with Crippen molar-refractivity contribution in [3.8, 4) is 11.5 Å². The first-order valence-electron chi connectivity index (χ1n) is 5.87. The van der Waals surface area contributed by atoms with Crippen molar-refractivity contribution in [3.05, 3.63) is 23.8 Å². The Labute approximate surface area is 120 Å². The number of carbonyl (C=O) groups excluding carboxylic acids is 4. The lowest BCUT2D eigenvalue weighted by Crippen LogP contribution is -2.33. The molecule has 0 aliphatic heterocycles. The van der Waals surface area contributed by atoms with Crippen LogP contribution in [0.4, 0.5) is 0 Å². The van der Waals surface area contributed by atoms with Crippen LogP contribution in [0.3, 0.4) is 0 Å². The van der Waals surface area contributed by atoms with E-state index in [9.17, 15) is 19.2 Å². The fourth-order valence-electron chi connectivity index (χ4n) is 1.44. The van der Waals surface area contributed by atoms with Crippen LogP contribution in [0.5, 0.6) is 11.5 Å². The molecule has 0 fully saturated rings. The highest BCUT2D eigenvalue weighted by molar-refractivity contribution is 6.00. The number of hydrogen-bond acceptors (Lipinski definition) is 6. The molecule has 0 spiro atoms. The number of nitrogens with one attached hydrogen (secondary N) is 1. The first-order chi connectivity index (χ1) is 9.81. The molecule has 2 amide bonds. The van der Waals surface area contributed by atoms with Crippen molar-refractivity contribution in [2.75, 3.05) is 6.54 Å². The first kappa shape index (κ1) is 16.2. The van der Waals surface area contributed by atoms with Gasteiger partial charge in [0.05, 0.1) is 12.1 Å². The van der Waals surface area contributed by atoms with Gasteiger partial charge in [0.15, 0.2) is 11.5 Å². The number of esters is 2. The third-order valence-electron chi connectivity index (χ3n) is 2.15. The Hall–Kier alpha value is -2.90. The number of carbonyl (C=O) groups is 4. The molecule has 21 heavy (non-hydrogen) atoms. The van der Waals surface area contributed by atoms with E-state index in [1.165, 1.54) is 18.2 Å². The van der Waals surface area contributed by atoms with Gasteiger partial charge in [-0.3, -0.25) is 19.2 Å². The van der Waals surface area contributed by atoms with E-state index in [1.807, 2.05) is 0 Å². The maximum Gasteiger partial charge on any atom is 0.308 e. The molecule has 1 rings (SSSR count). The average molecular weight is 294 g/mol. The van der Waals surface area contributed by atoms with Crippen LogP contribution in [0.15, 0.2) is 18.2 Å². The Morgan fingerprint density at radius 1 is 1.10 bits per heavy atom. The molecule has 0 unspecified atom stereocenters. The van der Waals surface area contributed by atoms with E-state index in [0.717, 1.165) is 13.8 Å². The van der Waals surface area contributed by atoms with Crippen molar-refractivity contribution in [2.24, 2.45) is 5.73 Å². The van der Waals surface area contributed by atoms with Crippen molar-refractivity contribution in [1.29, 1.82) is 0 Å². The molecule has 3 N–H and O–H groups in total. The number of para-hydroxylation sites is 1. The highest BCUT2D eigenvalue weighted by Gasteiger charge is 2.20. The molecule has 112 valence electrons. The third-order valence-corrected chi connectivity index (χ3v) is 2.15. The Morgan fingerprint density at radius 2 is 1.71 bits per heavy atom. The molecule has 8 nitrogen and oxygen atoms in total. The summed E-state index contributed by atoms with van der Waals surface area (Å²) in [6.45, 7) is 1.92. The predicted octanol–water partition coefficient (Wildman–Crippen LogP) is -0.248. The van der Waals surface area contributed by atoms with E-state index in [1.54, 1.807) is 0 Å². The number of amides is 2. The zero-order valence-corrected chi connectivity index (χ0v) is 11.5. The fourth-order valence-corrected chi connectivity index (χ4v) is 1.44. The molecular formula is C13H14N2O6. The zero-order valence-electron chi connectivity index (χ0n) is 11.5. The SMILES string of the molecule is CC(=O)Oc1cccc(C(=O)NCC(N)=O)c1OC(C)=O. The molecule has 0 heterocycles. The Balaban J connectivity index is 3.16. The van der Waals surface area contributed by atoms with Crippen molar-refractivity contribution >= 4 is 23.8 Å². The normalized spacial score (nSPS) is 9.62. The number of nitrogens with two attached hydrogens (primary N) is 1.